The number of piperidine rings is 1. The summed E-state index contributed by atoms with van der Waals surface area (Å²) in [6.45, 7) is 2.93. The molecule has 8 heteroatoms. The maximum absolute atomic E-state index is 11.9. The maximum Gasteiger partial charge on any atom is 0.232 e. The average molecular weight is 315 g/mol. The fourth-order valence-electron chi connectivity index (χ4n) is 2.26. The van der Waals surface area contributed by atoms with Crippen molar-refractivity contribution < 1.29 is 19.1 Å². The molecule has 0 aromatic heterocycles. The van der Waals surface area contributed by atoms with E-state index in [2.05, 4.69) is 10.6 Å². The third kappa shape index (κ3) is 5.55. The first kappa shape index (κ1) is 16.1. The van der Waals surface area contributed by atoms with E-state index in [1.165, 1.54) is 11.8 Å². The number of carbonyl (C=O) groups excluding carboxylic acids is 3. The number of amides is 3. The summed E-state index contributed by atoms with van der Waals surface area (Å²) in [4.78, 5) is 36.4. The van der Waals surface area contributed by atoms with Gasteiger partial charge in [0.15, 0.2) is 0 Å². The maximum atomic E-state index is 11.9. The number of rotatable bonds is 5. The summed E-state index contributed by atoms with van der Waals surface area (Å²) in [5, 5.41) is 5.59. The molecule has 1 atom stereocenters. The summed E-state index contributed by atoms with van der Waals surface area (Å²) < 4.78 is 5.19. The molecule has 0 aromatic carbocycles. The number of nitrogens with zero attached hydrogens (tertiary/aromatic N) is 1. The van der Waals surface area contributed by atoms with Crippen molar-refractivity contribution in [3.8, 4) is 0 Å². The van der Waals surface area contributed by atoms with E-state index in [1.54, 1.807) is 4.90 Å². The second-order valence-corrected chi connectivity index (χ2v) is 6.08. The van der Waals surface area contributed by atoms with E-state index >= 15 is 0 Å². The predicted molar refractivity (Wildman–Crippen MR) is 78.9 cm³/mol. The molecule has 0 saturated carbocycles. The summed E-state index contributed by atoms with van der Waals surface area (Å²) in [5.41, 5.74) is 0. The summed E-state index contributed by atoms with van der Waals surface area (Å²) in [6, 6.07) is 0.00532. The number of hydrogen-bond donors (Lipinski definition) is 2. The minimum Gasteiger partial charge on any atom is -0.378 e. The first-order valence-corrected chi connectivity index (χ1v) is 8.30. The standard InChI is InChI=1S/C13H21N3O4S/c17-11-2-1-10(7-14-11)15-12(18)8-21-9-13(19)16-3-5-20-6-4-16/h10H,1-9H2,(H,14,17)(H,15,18). The van der Waals surface area contributed by atoms with Crippen LogP contribution in [0.15, 0.2) is 0 Å². The zero-order chi connectivity index (χ0) is 15.1. The average Bonchev–Trinajstić information content (AvgIpc) is 2.50. The number of carbonyl (C=O) groups is 3. The van der Waals surface area contributed by atoms with Gasteiger partial charge in [-0.1, -0.05) is 0 Å². The molecule has 0 radical (unpaired) electrons. The Morgan fingerprint density at radius 1 is 1.33 bits per heavy atom. The van der Waals surface area contributed by atoms with E-state index in [0.29, 0.717) is 51.4 Å². The molecule has 3 amide bonds. The van der Waals surface area contributed by atoms with E-state index in [0.717, 1.165) is 0 Å². The van der Waals surface area contributed by atoms with Crippen LogP contribution in [0.1, 0.15) is 12.8 Å². The monoisotopic (exact) mass is 315 g/mol. The van der Waals surface area contributed by atoms with Crippen molar-refractivity contribution in [2.75, 3.05) is 44.4 Å². The predicted octanol–water partition coefficient (Wildman–Crippen LogP) is -1.03. The number of morpholine rings is 1. The van der Waals surface area contributed by atoms with Gasteiger partial charge in [0.05, 0.1) is 24.7 Å². The third-order valence-electron chi connectivity index (χ3n) is 3.45. The Morgan fingerprint density at radius 3 is 2.76 bits per heavy atom. The molecule has 7 nitrogen and oxygen atoms in total. The summed E-state index contributed by atoms with van der Waals surface area (Å²) in [5.74, 6) is 0.581. The van der Waals surface area contributed by atoms with E-state index in [9.17, 15) is 14.4 Å². The van der Waals surface area contributed by atoms with Crippen LogP contribution < -0.4 is 10.6 Å². The van der Waals surface area contributed by atoms with Crippen LogP contribution in [0.25, 0.3) is 0 Å². The number of ether oxygens (including phenoxy) is 1. The molecule has 2 N–H and O–H groups in total. The number of hydrogen-bond acceptors (Lipinski definition) is 5. The Morgan fingerprint density at radius 2 is 2.10 bits per heavy atom. The van der Waals surface area contributed by atoms with Crippen molar-refractivity contribution >= 4 is 29.5 Å². The highest BCUT2D eigenvalue weighted by Crippen LogP contribution is 2.07. The van der Waals surface area contributed by atoms with Crippen molar-refractivity contribution in [3.05, 3.63) is 0 Å². The summed E-state index contributed by atoms with van der Waals surface area (Å²) >= 11 is 1.32. The Bertz CT molecular complexity index is 389. The van der Waals surface area contributed by atoms with Gasteiger partial charge < -0.3 is 20.3 Å². The van der Waals surface area contributed by atoms with Gasteiger partial charge in [-0.05, 0) is 6.42 Å². The molecule has 21 heavy (non-hydrogen) atoms. The van der Waals surface area contributed by atoms with Crippen LogP contribution in [0.4, 0.5) is 0 Å². The molecule has 2 saturated heterocycles. The normalized spacial score (nSPS) is 22.6. The van der Waals surface area contributed by atoms with Crippen molar-refractivity contribution in [1.29, 1.82) is 0 Å². The molecule has 118 valence electrons. The van der Waals surface area contributed by atoms with Crippen LogP contribution in [0.3, 0.4) is 0 Å². The van der Waals surface area contributed by atoms with Gasteiger partial charge in [0, 0.05) is 32.1 Å². The van der Waals surface area contributed by atoms with Crippen LogP contribution in [-0.2, 0) is 19.1 Å². The van der Waals surface area contributed by atoms with Crippen molar-refractivity contribution in [2.45, 2.75) is 18.9 Å². The van der Waals surface area contributed by atoms with Gasteiger partial charge in [-0.15, -0.1) is 11.8 Å². The minimum atomic E-state index is -0.0871. The molecule has 0 aliphatic carbocycles. The summed E-state index contributed by atoms with van der Waals surface area (Å²) in [6.07, 6.45) is 1.13. The zero-order valence-electron chi connectivity index (χ0n) is 11.9. The van der Waals surface area contributed by atoms with Gasteiger partial charge in [-0.2, -0.15) is 0 Å². The molecule has 2 heterocycles. The Hall–Kier alpha value is -1.28. The second-order valence-electron chi connectivity index (χ2n) is 5.09. The lowest BCUT2D eigenvalue weighted by molar-refractivity contribution is -0.132. The highest BCUT2D eigenvalue weighted by Gasteiger charge is 2.20. The first-order chi connectivity index (χ1) is 10.1. The van der Waals surface area contributed by atoms with Crippen LogP contribution >= 0.6 is 11.8 Å². The van der Waals surface area contributed by atoms with E-state index in [4.69, 9.17) is 4.74 Å². The summed E-state index contributed by atoms with van der Waals surface area (Å²) in [7, 11) is 0. The van der Waals surface area contributed by atoms with Gasteiger partial charge in [0.1, 0.15) is 0 Å². The number of thioether (sulfide) groups is 1. The molecule has 1 unspecified atom stereocenters. The lowest BCUT2D eigenvalue weighted by Crippen LogP contribution is -2.48. The second kappa shape index (κ2) is 8.23. The van der Waals surface area contributed by atoms with E-state index < -0.39 is 0 Å². The van der Waals surface area contributed by atoms with Crippen LogP contribution in [0.5, 0.6) is 0 Å². The highest BCUT2D eigenvalue weighted by atomic mass is 32.2. The van der Waals surface area contributed by atoms with Gasteiger partial charge in [0.25, 0.3) is 0 Å². The molecule has 2 aliphatic heterocycles. The molecule has 0 spiro atoms. The van der Waals surface area contributed by atoms with Crippen molar-refractivity contribution in [3.63, 3.8) is 0 Å². The molecule has 2 aliphatic rings. The fraction of sp³-hybridized carbons (Fsp3) is 0.769. The lowest BCUT2D eigenvalue weighted by Gasteiger charge is -2.26. The molecule has 0 bridgehead atoms. The first-order valence-electron chi connectivity index (χ1n) is 7.14. The van der Waals surface area contributed by atoms with Gasteiger partial charge in [-0.25, -0.2) is 0 Å². The van der Waals surface area contributed by atoms with Crippen LogP contribution in [0, 0.1) is 0 Å². The SMILES string of the molecule is O=C1CCC(NC(=O)CSCC(=O)N2CCOCC2)CN1. The fourth-order valence-corrected chi connectivity index (χ4v) is 2.99. The number of nitrogens with one attached hydrogen (secondary N) is 2. The van der Waals surface area contributed by atoms with Crippen LogP contribution in [0.2, 0.25) is 0 Å². The lowest BCUT2D eigenvalue weighted by atomic mass is 10.1. The highest BCUT2D eigenvalue weighted by molar-refractivity contribution is 8.00. The molecule has 0 aromatic rings. The molecular weight excluding hydrogens is 294 g/mol. The van der Waals surface area contributed by atoms with Gasteiger partial charge in [0.2, 0.25) is 17.7 Å². The van der Waals surface area contributed by atoms with Crippen molar-refractivity contribution in [1.82, 2.24) is 15.5 Å². The molecular formula is C13H21N3O4S. The minimum absolute atomic E-state index is 0.00532. The molecule has 2 rings (SSSR count). The third-order valence-corrected chi connectivity index (χ3v) is 4.37. The molecule has 2 fully saturated rings. The van der Waals surface area contributed by atoms with Gasteiger partial charge >= 0.3 is 0 Å². The quantitative estimate of drug-likeness (QED) is 0.678. The topological polar surface area (TPSA) is 87.7 Å². The van der Waals surface area contributed by atoms with E-state index in [1.807, 2.05) is 0 Å². The van der Waals surface area contributed by atoms with E-state index in [-0.39, 0.29) is 29.5 Å². The van der Waals surface area contributed by atoms with Crippen molar-refractivity contribution in [2.24, 2.45) is 0 Å². The van der Waals surface area contributed by atoms with Crippen LogP contribution in [-0.4, -0.2) is 73.0 Å². The Labute approximate surface area is 128 Å². The Kier molecular flexibility index (Phi) is 6.31. The van der Waals surface area contributed by atoms with Gasteiger partial charge in [-0.3, -0.25) is 14.4 Å². The smallest absolute Gasteiger partial charge is 0.232 e. The largest absolute Gasteiger partial charge is 0.378 e. The zero-order valence-corrected chi connectivity index (χ0v) is 12.7. The Balaban J connectivity index is 1.58.